The van der Waals surface area contributed by atoms with Crippen LogP contribution in [-0.4, -0.2) is 20.5 Å². The standard InChI is InChI=1S/C14H20ClFN2O2S.ClH/c1-10-5-2-3-8-14(10,9-17)18-21(19,20)13-11(15)6-4-7-12(13)16;/h4,6-7,10,18H,2-3,5,8-9,17H2,1H3;1H. The van der Waals surface area contributed by atoms with Crippen molar-refractivity contribution in [1.82, 2.24) is 4.72 Å². The zero-order valence-electron chi connectivity index (χ0n) is 12.3. The molecule has 1 aliphatic carbocycles. The first-order chi connectivity index (χ1) is 9.82. The molecule has 2 atom stereocenters. The number of hydrogen-bond donors (Lipinski definition) is 2. The van der Waals surface area contributed by atoms with Crippen LogP contribution in [0.1, 0.15) is 32.6 Å². The second-order valence-electron chi connectivity index (χ2n) is 5.66. The molecule has 1 aromatic carbocycles. The molecule has 1 saturated carbocycles. The van der Waals surface area contributed by atoms with Gasteiger partial charge in [0, 0.05) is 12.1 Å². The Hall–Kier alpha value is -0.400. The van der Waals surface area contributed by atoms with Gasteiger partial charge in [0.15, 0.2) is 0 Å². The van der Waals surface area contributed by atoms with Crippen LogP contribution in [-0.2, 0) is 10.0 Å². The van der Waals surface area contributed by atoms with Crippen molar-refractivity contribution < 1.29 is 12.8 Å². The van der Waals surface area contributed by atoms with E-state index in [0.717, 1.165) is 25.3 Å². The Kier molecular flexibility index (Phi) is 6.65. The third-order valence-corrected chi connectivity index (χ3v) is 6.40. The second-order valence-corrected chi connectivity index (χ2v) is 7.69. The maximum Gasteiger partial charge on any atom is 0.245 e. The predicted octanol–water partition coefficient (Wildman–Crippen LogP) is 3.09. The largest absolute Gasteiger partial charge is 0.329 e. The summed E-state index contributed by atoms with van der Waals surface area (Å²) in [7, 11) is -4.06. The molecule has 1 fully saturated rings. The SMILES string of the molecule is CC1CCCCC1(CN)NS(=O)(=O)c1c(F)cccc1Cl.Cl. The van der Waals surface area contributed by atoms with Crippen LogP contribution in [0.25, 0.3) is 0 Å². The molecule has 2 unspecified atom stereocenters. The fourth-order valence-electron chi connectivity index (χ4n) is 2.97. The van der Waals surface area contributed by atoms with Gasteiger partial charge in [0.05, 0.1) is 5.02 Å². The van der Waals surface area contributed by atoms with Gasteiger partial charge in [-0.25, -0.2) is 17.5 Å². The molecule has 4 nitrogen and oxygen atoms in total. The number of halogens is 3. The fraction of sp³-hybridized carbons (Fsp3) is 0.571. The molecule has 0 aliphatic heterocycles. The average molecular weight is 371 g/mol. The molecule has 1 aliphatic rings. The minimum atomic E-state index is -4.06. The smallest absolute Gasteiger partial charge is 0.245 e. The second kappa shape index (κ2) is 7.45. The third-order valence-electron chi connectivity index (χ3n) is 4.34. The molecule has 0 amide bonds. The summed E-state index contributed by atoms with van der Waals surface area (Å²) in [6, 6.07) is 3.82. The zero-order valence-corrected chi connectivity index (χ0v) is 14.7. The molecular formula is C14H21Cl2FN2O2S. The van der Waals surface area contributed by atoms with Crippen molar-refractivity contribution in [1.29, 1.82) is 0 Å². The van der Waals surface area contributed by atoms with E-state index in [4.69, 9.17) is 17.3 Å². The third kappa shape index (κ3) is 3.74. The van der Waals surface area contributed by atoms with E-state index in [-0.39, 0.29) is 29.9 Å². The molecule has 126 valence electrons. The van der Waals surface area contributed by atoms with Crippen molar-refractivity contribution >= 4 is 34.0 Å². The predicted molar refractivity (Wildman–Crippen MR) is 88.4 cm³/mol. The van der Waals surface area contributed by atoms with Crippen LogP contribution in [0.5, 0.6) is 0 Å². The summed E-state index contributed by atoms with van der Waals surface area (Å²) in [5.41, 5.74) is 5.10. The molecule has 8 heteroatoms. The summed E-state index contributed by atoms with van der Waals surface area (Å²) >= 11 is 5.87. The Bertz CT molecular complexity index is 607. The molecule has 0 aromatic heterocycles. The van der Waals surface area contributed by atoms with E-state index in [1.54, 1.807) is 0 Å². The number of nitrogens with two attached hydrogens (primary N) is 1. The average Bonchev–Trinajstić information content (AvgIpc) is 2.40. The lowest BCUT2D eigenvalue weighted by Gasteiger charge is -2.42. The van der Waals surface area contributed by atoms with Crippen LogP contribution in [0.2, 0.25) is 5.02 Å². The van der Waals surface area contributed by atoms with Crippen molar-refractivity contribution in [3.05, 3.63) is 29.0 Å². The summed E-state index contributed by atoms with van der Waals surface area (Å²) in [4.78, 5) is -0.503. The van der Waals surface area contributed by atoms with Gasteiger partial charge < -0.3 is 5.73 Å². The van der Waals surface area contributed by atoms with Crippen molar-refractivity contribution in [2.24, 2.45) is 11.7 Å². The quantitative estimate of drug-likeness (QED) is 0.854. The maximum absolute atomic E-state index is 13.9. The molecule has 0 spiro atoms. The van der Waals surface area contributed by atoms with Crippen molar-refractivity contribution in [2.75, 3.05) is 6.54 Å². The molecular weight excluding hydrogens is 350 g/mol. The van der Waals surface area contributed by atoms with Crippen LogP contribution in [0.3, 0.4) is 0 Å². The van der Waals surface area contributed by atoms with Gasteiger partial charge in [-0.1, -0.05) is 37.4 Å². The lowest BCUT2D eigenvalue weighted by Crippen LogP contribution is -2.59. The number of sulfonamides is 1. The molecule has 0 bridgehead atoms. The van der Waals surface area contributed by atoms with E-state index in [1.165, 1.54) is 12.1 Å². The molecule has 0 radical (unpaired) electrons. The summed E-state index contributed by atoms with van der Waals surface area (Å²) in [5.74, 6) is -0.762. The monoisotopic (exact) mass is 370 g/mol. The minimum absolute atomic E-state index is 0. The normalized spacial score (nSPS) is 25.5. The van der Waals surface area contributed by atoms with Gasteiger partial charge in [-0.3, -0.25) is 0 Å². The molecule has 0 heterocycles. The van der Waals surface area contributed by atoms with Gasteiger partial charge in [0.2, 0.25) is 10.0 Å². The van der Waals surface area contributed by atoms with Gasteiger partial charge in [0.1, 0.15) is 10.7 Å². The van der Waals surface area contributed by atoms with Crippen LogP contribution < -0.4 is 10.5 Å². The first-order valence-electron chi connectivity index (χ1n) is 7.00. The molecule has 3 N–H and O–H groups in total. The first kappa shape index (κ1) is 19.6. The maximum atomic E-state index is 13.9. The van der Waals surface area contributed by atoms with E-state index in [2.05, 4.69) is 4.72 Å². The summed E-state index contributed by atoms with van der Waals surface area (Å²) in [5, 5.41) is -0.127. The van der Waals surface area contributed by atoms with Crippen molar-refractivity contribution in [3.63, 3.8) is 0 Å². The van der Waals surface area contributed by atoms with E-state index in [1.807, 2.05) is 6.92 Å². The molecule has 22 heavy (non-hydrogen) atoms. The van der Waals surface area contributed by atoms with Crippen LogP contribution in [0, 0.1) is 11.7 Å². The summed E-state index contributed by atoms with van der Waals surface area (Å²) < 4.78 is 41.6. The summed E-state index contributed by atoms with van der Waals surface area (Å²) in [6.45, 7) is 2.15. The zero-order chi connectivity index (χ0) is 15.7. The fourth-order valence-corrected chi connectivity index (χ4v) is 5.11. The Morgan fingerprint density at radius 2 is 2.14 bits per heavy atom. The topological polar surface area (TPSA) is 72.2 Å². The van der Waals surface area contributed by atoms with Crippen LogP contribution >= 0.6 is 24.0 Å². The Balaban J connectivity index is 0.00000242. The molecule has 1 aromatic rings. The van der Waals surface area contributed by atoms with Gasteiger partial charge >= 0.3 is 0 Å². The lowest BCUT2D eigenvalue weighted by atomic mass is 9.74. The first-order valence-corrected chi connectivity index (χ1v) is 8.86. The summed E-state index contributed by atoms with van der Waals surface area (Å²) in [6.07, 6.45) is 3.49. The number of rotatable bonds is 4. The highest BCUT2D eigenvalue weighted by Gasteiger charge is 2.41. The van der Waals surface area contributed by atoms with Crippen molar-refractivity contribution in [2.45, 2.75) is 43.0 Å². The highest BCUT2D eigenvalue weighted by Crippen LogP contribution is 2.35. The highest BCUT2D eigenvalue weighted by atomic mass is 35.5. The number of benzene rings is 1. The van der Waals surface area contributed by atoms with Gasteiger partial charge in [-0.2, -0.15) is 0 Å². The highest BCUT2D eigenvalue weighted by molar-refractivity contribution is 7.89. The molecule has 2 rings (SSSR count). The molecule has 0 saturated heterocycles. The van der Waals surface area contributed by atoms with Gasteiger partial charge in [-0.05, 0) is 30.9 Å². The number of hydrogen-bond acceptors (Lipinski definition) is 3. The Morgan fingerprint density at radius 3 is 2.68 bits per heavy atom. The minimum Gasteiger partial charge on any atom is -0.329 e. The van der Waals surface area contributed by atoms with Gasteiger partial charge in [-0.15, -0.1) is 12.4 Å². The van der Waals surface area contributed by atoms with E-state index in [0.29, 0.717) is 6.42 Å². The Morgan fingerprint density at radius 1 is 1.45 bits per heavy atom. The van der Waals surface area contributed by atoms with E-state index in [9.17, 15) is 12.8 Å². The van der Waals surface area contributed by atoms with Crippen molar-refractivity contribution in [3.8, 4) is 0 Å². The number of nitrogens with one attached hydrogen (secondary N) is 1. The van der Waals surface area contributed by atoms with E-state index < -0.39 is 26.3 Å². The van der Waals surface area contributed by atoms with Crippen LogP contribution in [0.15, 0.2) is 23.1 Å². The lowest BCUT2D eigenvalue weighted by molar-refractivity contribution is 0.191. The van der Waals surface area contributed by atoms with E-state index >= 15 is 0 Å². The van der Waals surface area contributed by atoms with Crippen LogP contribution in [0.4, 0.5) is 4.39 Å². The Labute approximate surface area is 142 Å². The van der Waals surface area contributed by atoms with Gasteiger partial charge in [0.25, 0.3) is 0 Å².